The second-order valence-corrected chi connectivity index (χ2v) is 8.05. The number of anilines is 2. The number of nitrogens with one attached hydrogen (secondary N) is 2. The normalized spacial score (nSPS) is 10.4. The number of halogens is 1. The van der Waals surface area contributed by atoms with Crippen molar-refractivity contribution in [2.24, 2.45) is 0 Å². The number of amides is 2. The predicted octanol–water partition coefficient (Wildman–Crippen LogP) is 5.16. The molecule has 4 nitrogen and oxygen atoms in total. The molecule has 0 radical (unpaired) electrons. The molecule has 0 aliphatic heterocycles. The van der Waals surface area contributed by atoms with E-state index in [9.17, 15) is 9.59 Å². The molecule has 2 N–H and O–H groups in total. The van der Waals surface area contributed by atoms with Gasteiger partial charge in [-0.05, 0) is 61.4 Å². The van der Waals surface area contributed by atoms with Crippen LogP contribution in [0.5, 0.6) is 0 Å². The first kappa shape index (κ1) is 20.5. The minimum atomic E-state index is -0.0303. The zero-order valence-corrected chi connectivity index (χ0v) is 17.4. The van der Waals surface area contributed by atoms with Crippen LogP contribution in [0.4, 0.5) is 11.4 Å². The van der Waals surface area contributed by atoms with Crippen molar-refractivity contribution in [3.05, 3.63) is 58.1 Å². The Hall–Kier alpha value is -1.79. The zero-order chi connectivity index (χ0) is 18.9. The lowest BCUT2D eigenvalue weighted by Crippen LogP contribution is -2.15. The van der Waals surface area contributed by atoms with Gasteiger partial charge in [0.25, 0.3) is 0 Å². The van der Waals surface area contributed by atoms with Gasteiger partial charge in [0.15, 0.2) is 0 Å². The second-order valence-electron chi connectivity index (χ2n) is 6.03. The highest BCUT2D eigenvalue weighted by Crippen LogP contribution is 2.20. The lowest BCUT2D eigenvalue weighted by atomic mass is 10.1. The van der Waals surface area contributed by atoms with Crippen LogP contribution in [-0.2, 0) is 9.59 Å². The summed E-state index contributed by atoms with van der Waals surface area (Å²) in [5, 5.41) is 5.84. The van der Waals surface area contributed by atoms with Crippen molar-refractivity contribution in [2.45, 2.75) is 26.7 Å². The maximum Gasteiger partial charge on any atom is 0.234 e. The van der Waals surface area contributed by atoms with Gasteiger partial charge in [-0.1, -0.05) is 34.1 Å². The molecular formula is C20H23BrN2O2S. The zero-order valence-electron chi connectivity index (χ0n) is 15.0. The van der Waals surface area contributed by atoms with Gasteiger partial charge in [-0.2, -0.15) is 11.8 Å². The molecule has 0 bridgehead atoms. The number of hydrogen-bond acceptors (Lipinski definition) is 3. The second kappa shape index (κ2) is 10.4. The molecule has 6 heteroatoms. The van der Waals surface area contributed by atoms with Gasteiger partial charge >= 0.3 is 0 Å². The quantitative estimate of drug-likeness (QED) is 0.564. The van der Waals surface area contributed by atoms with Gasteiger partial charge in [-0.25, -0.2) is 0 Å². The number of aryl methyl sites for hydroxylation is 2. The van der Waals surface area contributed by atoms with Crippen LogP contribution in [-0.4, -0.2) is 23.3 Å². The van der Waals surface area contributed by atoms with Crippen molar-refractivity contribution in [1.29, 1.82) is 0 Å². The van der Waals surface area contributed by atoms with Gasteiger partial charge in [-0.15, -0.1) is 0 Å². The number of rotatable bonds is 8. The van der Waals surface area contributed by atoms with E-state index in [1.807, 2.05) is 56.3 Å². The first-order valence-corrected chi connectivity index (χ1v) is 10.4. The van der Waals surface area contributed by atoms with Crippen LogP contribution in [0.3, 0.4) is 0 Å². The third-order valence-corrected chi connectivity index (χ3v) is 5.37. The summed E-state index contributed by atoms with van der Waals surface area (Å²) in [6, 6.07) is 13.4. The van der Waals surface area contributed by atoms with Crippen LogP contribution in [0, 0.1) is 13.8 Å². The molecule has 0 fully saturated rings. The molecule has 2 aromatic rings. The standard InChI is InChI=1S/C20H23BrN2O2S/c1-14-5-3-6-15(2)20(14)23-18(24)7-4-12-26-13-19(25)22-17-10-8-16(21)9-11-17/h3,5-6,8-11H,4,7,12-13H2,1-2H3,(H,22,25)(H,23,24). The summed E-state index contributed by atoms with van der Waals surface area (Å²) in [5.41, 5.74) is 3.82. The van der Waals surface area contributed by atoms with E-state index in [1.54, 1.807) is 0 Å². The van der Waals surface area contributed by atoms with Crippen molar-refractivity contribution < 1.29 is 9.59 Å². The van der Waals surface area contributed by atoms with E-state index in [0.717, 1.165) is 39.1 Å². The average molecular weight is 435 g/mol. The Morgan fingerprint density at radius 3 is 2.27 bits per heavy atom. The molecule has 0 spiro atoms. The molecule has 0 aromatic heterocycles. The molecule has 0 atom stereocenters. The van der Waals surface area contributed by atoms with Crippen LogP contribution in [0.15, 0.2) is 46.9 Å². The van der Waals surface area contributed by atoms with E-state index in [0.29, 0.717) is 12.2 Å². The van der Waals surface area contributed by atoms with Gasteiger partial charge in [0, 0.05) is 22.3 Å². The topological polar surface area (TPSA) is 58.2 Å². The van der Waals surface area contributed by atoms with Gasteiger partial charge in [0.1, 0.15) is 0 Å². The Morgan fingerprint density at radius 1 is 0.962 bits per heavy atom. The van der Waals surface area contributed by atoms with E-state index in [2.05, 4.69) is 26.6 Å². The predicted molar refractivity (Wildman–Crippen MR) is 114 cm³/mol. The summed E-state index contributed by atoms with van der Waals surface area (Å²) in [7, 11) is 0. The molecule has 0 saturated heterocycles. The fourth-order valence-corrected chi connectivity index (χ4v) is 3.46. The molecule has 26 heavy (non-hydrogen) atoms. The molecule has 2 rings (SSSR count). The molecule has 2 amide bonds. The van der Waals surface area contributed by atoms with Gasteiger partial charge in [-0.3, -0.25) is 9.59 Å². The fourth-order valence-electron chi connectivity index (χ4n) is 2.44. The minimum absolute atomic E-state index is 0.0160. The molecule has 0 unspecified atom stereocenters. The van der Waals surface area contributed by atoms with E-state index in [-0.39, 0.29) is 11.8 Å². The van der Waals surface area contributed by atoms with E-state index >= 15 is 0 Å². The van der Waals surface area contributed by atoms with Gasteiger partial charge in [0.05, 0.1) is 5.75 Å². The average Bonchev–Trinajstić information content (AvgIpc) is 2.60. The van der Waals surface area contributed by atoms with Gasteiger partial charge < -0.3 is 10.6 Å². The molecule has 0 aliphatic carbocycles. The van der Waals surface area contributed by atoms with Crippen LogP contribution in [0.2, 0.25) is 0 Å². The fraction of sp³-hybridized carbons (Fsp3) is 0.300. The monoisotopic (exact) mass is 434 g/mol. The highest BCUT2D eigenvalue weighted by atomic mass is 79.9. The third-order valence-electron chi connectivity index (χ3n) is 3.80. The maximum atomic E-state index is 12.1. The number of carbonyl (C=O) groups excluding carboxylic acids is 2. The summed E-state index contributed by atoms with van der Waals surface area (Å²) in [6.45, 7) is 3.98. The number of carbonyl (C=O) groups is 2. The van der Waals surface area contributed by atoms with Crippen molar-refractivity contribution in [3.8, 4) is 0 Å². The molecule has 2 aromatic carbocycles. The largest absolute Gasteiger partial charge is 0.326 e. The van der Waals surface area contributed by atoms with Crippen molar-refractivity contribution >= 4 is 50.9 Å². The SMILES string of the molecule is Cc1cccc(C)c1NC(=O)CCCSCC(=O)Nc1ccc(Br)cc1. The molecular weight excluding hydrogens is 412 g/mol. The lowest BCUT2D eigenvalue weighted by molar-refractivity contribution is -0.116. The Labute approximate surface area is 167 Å². The summed E-state index contributed by atoms with van der Waals surface area (Å²) in [5.74, 6) is 1.14. The first-order chi connectivity index (χ1) is 12.5. The number of benzene rings is 2. The smallest absolute Gasteiger partial charge is 0.234 e. The molecule has 0 aliphatic rings. The molecule has 138 valence electrons. The Balaban J connectivity index is 1.63. The van der Waals surface area contributed by atoms with Crippen LogP contribution >= 0.6 is 27.7 Å². The Morgan fingerprint density at radius 2 is 1.62 bits per heavy atom. The van der Waals surface area contributed by atoms with Crippen LogP contribution in [0.1, 0.15) is 24.0 Å². The minimum Gasteiger partial charge on any atom is -0.326 e. The van der Waals surface area contributed by atoms with E-state index in [1.165, 1.54) is 11.8 Å². The van der Waals surface area contributed by atoms with Crippen LogP contribution < -0.4 is 10.6 Å². The highest BCUT2D eigenvalue weighted by Gasteiger charge is 2.08. The number of thioether (sulfide) groups is 1. The van der Waals surface area contributed by atoms with Crippen molar-refractivity contribution in [2.75, 3.05) is 22.1 Å². The molecule has 0 heterocycles. The number of para-hydroxylation sites is 1. The number of hydrogen-bond donors (Lipinski definition) is 2. The van der Waals surface area contributed by atoms with Crippen molar-refractivity contribution in [1.82, 2.24) is 0 Å². The Kier molecular flexibility index (Phi) is 8.19. The Bertz CT molecular complexity index is 743. The van der Waals surface area contributed by atoms with E-state index in [4.69, 9.17) is 0 Å². The summed E-state index contributed by atoms with van der Waals surface area (Å²) >= 11 is 4.90. The highest BCUT2D eigenvalue weighted by molar-refractivity contribution is 9.10. The summed E-state index contributed by atoms with van der Waals surface area (Å²) in [6.07, 6.45) is 1.20. The molecule has 0 saturated carbocycles. The van der Waals surface area contributed by atoms with Crippen molar-refractivity contribution in [3.63, 3.8) is 0 Å². The lowest BCUT2D eigenvalue weighted by Gasteiger charge is -2.11. The summed E-state index contributed by atoms with van der Waals surface area (Å²) < 4.78 is 0.976. The van der Waals surface area contributed by atoms with Gasteiger partial charge in [0.2, 0.25) is 11.8 Å². The first-order valence-electron chi connectivity index (χ1n) is 8.45. The summed E-state index contributed by atoms with van der Waals surface area (Å²) in [4.78, 5) is 24.0. The van der Waals surface area contributed by atoms with Crippen LogP contribution in [0.25, 0.3) is 0 Å². The third kappa shape index (κ3) is 6.84. The maximum absolute atomic E-state index is 12.1. The van der Waals surface area contributed by atoms with E-state index < -0.39 is 0 Å².